The Morgan fingerprint density at radius 1 is 1.07 bits per heavy atom. The fourth-order valence-corrected chi connectivity index (χ4v) is 2.82. The fourth-order valence-electron chi connectivity index (χ4n) is 2.57. The van der Waals surface area contributed by atoms with E-state index in [-0.39, 0.29) is 33.5 Å². The Bertz CT molecular complexity index is 995. The number of hydrogen-bond donors (Lipinski definition) is 2. The van der Waals surface area contributed by atoms with Crippen LogP contribution in [0.3, 0.4) is 0 Å². The van der Waals surface area contributed by atoms with Crippen molar-refractivity contribution >= 4 is 34.8 Å². The molecule has 2 aromatic carbocycles. The van der Waals surface area contributed by atoms with Gasteiger partial charge in [0, 0.05) is 18.3 Å². The third kappa shape index (κ3) is 3.98. The van der Waals surface area contributed by atoms with Crippen LogP contribution in [0, 0.1) is 12.7 Å². The number of anilines is 2. The number of aryl methyl sites for hydroxylation is 1. The maximum Gasteiger partial charge on any atom is 0.261 e. The smallest absolute Gasteiger partial charge is 0.261 e. The molecular formula is C19H15ClFN3O3. The Labute approximate surface area is 159 Å². The second kappa shape index (κ2) is 7.59. The highest BCUT2D eigenvalue weighted by Crippen LogP contribution is 2.33. The molecule has 6 nitrogen and oxygen atoms in total. The Hall–Kier alpha value is -3.19. The van der Waals surface area contributed by atoms with Crippen LogP contribution in [-0.2, 0) is 4.79 Å². The van der Waals surface area contributed by atoms with E-state index in [1.54, 1.807) is 31.2 Å². The second-order valence-corrected chi connectivity index (χ2v) is 6.18. The zero-order chi connectivity index (χ0) is 19.6. The summed E-state index contributed by atoms with van der Waals surface area (Å²) in [5.41, 5.74) is 1.21. The van der Waals surface area contributed by atoms with Gasteiger partial charge in [-0.05, 0) is 43.3 Å². The lowest BCUT2D eigenvalue weighted by Crippen LogP contribution is -2.14. The van der Waals surface area contributed by atoms with E-state index >= 15 is 0 Å². The standard InChI is InChI=1S/C19H15ClFN3O3/c1-10-16(18(24-27-10)17-14(20)4-3-5-15(17)21)19(26)23-13-8-6-12(7-9-13)22-11(2)25/h3-9H,1-2H3,(H,22,25)(H,23,26). The molecular weight excluding hydrogens is 373 g/mol. The summed E-state index contributed by atoms with van der Waals surface area (Å²) in [5.74, 6) is -1.09. The molecule has 138 valence electrons. The van der Waals surface area contributed by atoms with Gasteiger partial charge in [0.2, 0.25) is 5.91 Å². The van der Waals surface area contributed by atoms with Gasteiger partial charge < -0.3 is 15.2 Å². The Morgan fingerprint density at radius 2 is 1.70 bits per heavy atom. The molecule has 0 saturated heterocycles. The number of nitrogens with zero attached hydrogens (tertiary/aromatic N) is 1. The van der Waals surface area contributed by atoms with E-state index in [1.165, 1.54) is 25.1 Å². The van der Waals surface area contributed by atoms with Crippen LogP contribution in [0.2, 0.25) is 5.02 Å². The monoisotopic (exact) mass is 387 g/mol. The number of hydrogen-bond acceptors (Lipinski definition) is 4. The van der Waals surface area contributed by atoms with Crippen molar-refractivity contribution in [2.24, 2.45) is 0 Å². The number of carbonyl (C=O) groups is 2. The number of halogens is 2. The molecule has 0 atom stereocenters. The molecule has 0 spiro atoms. The highest BCUT2D eigenvalue weighted by Gasteiger charge is 2.25. The summed E-state index contributed by atoms with van der Waals surface area (Å²) in [7, 11) is 0. The molecule has 0 aliphatic carbocycles. The van der Waals surface area contributed by atoms with Gasteiger partial charge in [-0.25, -0.2) is 4.39 Å². The Morgan fingerprint density at radius 3 is 2.30 bits per heavy atom. The van der Waals surface area contributed by atoms with E-state index < -0.39 is 11.7 Å². The van der Waals surface area contributed by atoms with Gasteiger partial charge in [0.25, 0.3) is 5.91 Å². The molecule has 0 radical (unpaired) electrons. The summed E-state index contributed by atoms with van der Waals surface area (Å²) in [6.45, 7) is 2.96. The van der Waals surface area contributed by atoms with Crippen molar-refractivity contribution in [3.8, 4) is 11.3 Å². The van der Waals surface area contributed by atoms with Crippen LogP contribution in [-0.4, -0.2) is 17.0 Å². The summed E-state index contributed by atoms with van der Waals surface area (Å²) in [6.07, 6.45) is 0. The van der Waals surface area contributed by atoms with Gasteiger partial charge in [-0.15, -0.1) is 0 Å². The van der Waals surface area contributed by atoms with E-state index in [0.717, 1.165) is 0 Å². The van der Waals surface area contributed by atoms with Gasteiger partial charge in [0.05, 0.1) is 10.6 Å². The minimum Gasteiger partial charge on any atom is -0.360 e. The highest BCUT2D eigenvalue weighted by molar-refractivity contribution is 6.33. The topological polar surface area (TPSA) is 84.2 Å². The number of benzene rings is 2. The van der Waals surface area contributed by atoms with Crippen LogP contribution >= 0.6 is 11.6 Å². The molecule has 8 heteroatoms. The summed E-state index contributed by atoms with van der Waals surface area (Å²) in [6, 6.07) is 10.7. The molecule has 0 saturated carbocycles. The predicted molar refractivity (Wildman–Crippen MR) is 100 cm³/mol. The zero-order valence-electron chi connectivity index (χ0n) is 14.5. The summed E-state index contributed by atoms with van der Waals surface area (Å²) in [4.78, 5) is 23.8. The van der Waals surface area contributed by atoms with Crippen LogP contribution in [0.4, 0.5) is 15.8 Å². The first kappa shape index (κ1) is 18.6. The van der Waals surface area contributed by atoms with Gasteiger partial charge >= 0.3 is 0 Å². The first-order valence-electron chi connectivity index (χ1n) is 7.96. The summed E-state index contributed by atoms with van der Waals surface area (Å²) >= 11 is 6.08. The quantitative estimate of drug-likeness (QED) is 0.682. The van der Waals surface area contributed by atoms with Crippen molar-refractivity contribution in [3.05, 3.63) is 64.6 Å². The van der Waals surface area contributed by atoms with Crippen LogP contribution in [0.1, 0.15) is 23.0 Å². The van der Waals surface area contributed by atoms with Crippen molar-refractivity contribution in [2.45, 2.75) is 13.8 Å². The molecule has 1 heterocycles. The molecule has 27 heavy (non-hydrogen) atoms. The van der Waals surface area contributed by atoms with Crippen molar-refractivity contribution in [1.29, 1.82) is 0 Å². The number of amides is 2. The summed E-state index contributed by atoms with van der Waals surface area (Å²) < 4.78 is 19.3. The van der Waals surface area contributed by atoms with Gasteiger partial charge in [-0.3, -0.25) is 9.59 Å². The van der Waals surface area contributed by atoms with Crippen LogP contribution in [0.25, 0.3) is 11.3 Å². The number of nitrogens with one attached hydrogen (secondary N) is 2. The molecule has 3 rings (SSSR count). The second-order valence-electron chi connectivity index (χ2n) is 5.77. The lowest BCUT2D eigenvalue weighted by Gasteiger charge is -2.08. The molecule has 0 bridgehead atoms. The average Bonchev–Trinajstić information content (AvgIpc) is 2.97. The molecule has 0 aliphatic heterocycles. The first-order valence-corrected chi connectivity index (χ1v) is 8.34. The SMILES string of the molecule is CC(=O)Nc1ccc(NC(=O)c2c(-c3c(F)cccc3Cl)noc2C)cc1. The van der Waals surface area contributed by atoms with E-state index in [2.05, 4.69) is 15.8 Å². The van der Waals surface area contributed by atoms with E-state index in [0.29, 0.717) is 11.4 Å². The molecule has 2 N–H and O–H groups in total. The van der Waals surface area contributed by atoms with Crippen molar-refractivity contribution < 1.29 is 18.5 Å². The van der Waals surface area contributed by atoms with Gasteiger partial charge in [0.15, 0.2) is 0 Å². The zero-order valence-corrected chi connectivity index (χ0v) is 15.2. The number of carbonyl (C=O) groups excluding carboxylic acids is 2. The fraction of sp³-hybridized carbons (Fsp3) is 0.105. The normalized spacial score (nSPS) is 10.5. The minimum absolute atomic E-state index is 0.00201. The van der Waals surface area contributed by atoms with E-state index in [4.69, 9.17) is 16.1 Å². The molecule has 2 amide bonds. The maximum absolute atomic E-state index is 14.2. The van der Waals surface area contributed by atoms with E-state index in [9.17, 15) is 14.0 Å². The van der Waals surface area contributed by atoms with Crippen molar-refractivity contribution in [1.82, 2.24) is 5.16 Å². The third-order valence-corrected chi connectivity index (χ3v) is 4.07. The van der Waals surface area contributed by atoms with Crippen molar-refractivity contribution in [3.63, 3.8) is 0 Å². The minimum atomic E-state index is -0.607. The molecule has 0 fully saturated rings. The van der Waals surface area contributed by atoms with Crippen molar-refractivity contribution in [2.75, 3.05) is 10.6 Å². The molecule has 0 unspecified atom stereocenters. The lowest BCUT2D eigenvalue weighted by molar-refractivity contribution is -0.114. The van der Waals surface area contributed by atoms with Crippen LogP contribution in [0.15, 0.2) is 47.0 Å². The number of rotatable bonds is 4. The largest absolute Gasteiger partial charge is 0.360 e. The van der Waals surface area contributed by atoms with Gasteiger partial charge in [0.1, 0.15) is 22.8 Å². The van der Waals surface area contributed by atoms with Gasteiger partial charge in [-0.2, -0.15) is 0 Å². The highest BCUT2D eigenvalue weighted by atomic mass is 35.5. The molecule has 0 aliphatic rings. The maximum atomic E-state index is 14.2. The van der Waals surface area contributed by atoms with Gasteiger partial charge in [-0.1, -0.05) is 22.8 Å². The van der Waals surface area contributed by atoms with Crippen LogP contribution < -0.4 is 10.6 Å². The Kier molecular flexibility index (Phi) is 5.23. The molecule has 1 aromatic heterocycles. The van der Waals surface area contributed by atoms with E-state index in [1.807, 2.05) is 0 Å². The van der Waals surface area contributed by atoms with Crippen LogP contribution in [0.5, 0.6) is 0 Å². The predicted octanol–water partition coefficient (Wildman–Crippen LogP) is 4.65. The summed E-state index contributed by atoms with van der Waals surface area (Å²) in [5, 5.41) is 9.26. The number of aromatic nitrogens is 1. The third-order valence-electron chi connectivity index (χ3n) is 3.75. The Balaban J connectivity index is 1.90. The first-order chi connectivity index (χ1) is 12.9. The molecule has 3 aromatic rings. The lowest BCUT2D eigenvalue weighted by atomic mass is 10.0. The average molecular weight is 388 g/mol.